The molecule has 0 unspecified atom stereocenters. The third-order valence-corrected chi connectivity index (χ3v) is 1.72. The van der Waals surface area contributed by atoms with Gasteiger partial charge in [0.15, 0.2) is 0 Å². The van der Waals surface area contributed by atoms with Crippen molar-refractivity contribution in [1.82, 2.24) is 4.90 Å². The van der Waals surface area contributed by atoms with Gasteiger partial charge >= 0.3 is 6.03 Å². The zero-order valence-electron chi connectivity index (χ0n) is 7.47. The number of hydrogen-bond acceptors (Lipinski definition) is 1. The number of carbonyl (C=O) groups excluding carboxylic acids is 1. The van der Waals surface area contributed by atoms with Gasteiger partial charge in [0, 0.05) is 13.6 Å². The van der Waals surface area contributed by atoms with Crippen molar-refractivity contribution in [2.24, 2.45) is 5.73 Å². The number of primary amides is 1. The first-order chi connectivity index (χ1) is 5.18. The van der Waals surface area contributed by atoms with Crippen molar-refractivity contribution in [1.29, 1.82) is 0 Å². The van der Waals surface area contributed by atoms with Crippen molar-refractivity contribution in [2.75, 3.05) is 13.6 Å². The minimum Gasteiger partial charge on any atom is -0.351 e. The van der Waals surface area contributed by atoms with Crippen LogP contribution < -0.4 is 5.73 Å². The minimum absolute atomic E-state index is 0.332. The van der Waals surface area contributed by atoms with Crippen LogP contribution in [0.3, 0.4) is 0 Å². The van der Waals surface area contributed by atoms with Gasteiger partial charge in [-0.2, -0.15) is 0 Å². The second-order valence-electron chi connectivity index (χ2n) is 2.82. The predicted octanol–water partition coefficient (Wildman–Crippen LogP) is 1.58. The van der Waals surface area contributed by atoms with Gasteiger partial charge in [-0.15, -0.1) is 0 Å². The summed E-state index contributed by atoms with van der Waals surface area (Å²) >= 11 is 0. The third-order valence-electron chi connectivity index (χ3n) is 1.72. The molecule has 0 aromatic carbocycles. The first-order valence-corrected chi connectivity index (χ1v) is 4.19. The summed E-state index contributed by atoms with van der Waals surface area (Å²) < 4.78 is 0. The maximum absolute atomic E-state index is 10.5. The van der Waals surface area contributed by atoms with Crippen LogP contribution in [-0.2, 0) is 0 Å². The van der Waals surface area contributed by atoms with Crippen molar-refractivity contribution in [3.05, 3.63) is 0 Å². The second-order valence-corrected chi connectivity index (χ2v) is 2.82. The zero-order valence-corrected chi connectivity index (χ0v) is 7.47. The standard InChI is InChI=1S/C8H18N2O/c1-3-4-5-6-7-10(2)8(9)11/h3-7H2,1-2H3,(H2,9,11). The van der Waals surface area contributed by atoms with Crippen LogP contribution in [0.2, 0.25) is 0 Å². The molecule has 11 heavy (non-hydrogen) atoms. The Morgan fingerprint density at radius 2 is 2.00 bits per heavy atom. The minimum atomic E-state index is -0.332. The van der Waals surface area contributed by atoms with E-state index in [1.54, 1.807) is 11.9 Å². The molecule has 0 saturated heterocycles. The monoisotopic (exact) mass is 158 g/mol. The Morgan fingerprint density at radius 1 is 1.36 bits per heavy atom. The van der Waals surface area contributed by atoms with E-state index in [1.165, 1.54) is 19.3 Å². The van der Waals surface area contributed by atoms with Crippen LogP contribution in [0.4, 0.5) is 4.79 Å². The molecule has 3 nitrogen and oxygen atoms in total. The molecule has 0 aromatic rings. The van der Waals surface area contributed by atoms with Gasteiger partial charge in [0.05, 0.1) is 0 Å². The van der Waals surface area contributed by atoms with E-state index >= 15 is 0 Å². The van der Waals surface area contributed by atoms with Gasteiger partial charge in [0.25, 0.3) is 0 Å². The molecule has 0 aromatic heterocycles. The van der Waals surface area contributed by atoms with Crippen LogP contribution >= 0.6 is 0 Å². The van der Waals surface area contributed by atoms with Crippen LogP contribution in [0, 0.1) is 0 Å². The normalized spacial score (nSPS) is 9.64. The largest absolute Gasteiger partial charge is 0.351 e. The molecule has 0 bridgehead atoms. The molecule has 0 aliphatic carbocycles. The van der Waals surface area contributed by atoms with Gasteiger partial charge < -0.3 is 10.6 Å². The fraction of sp³-hybridized carbons (Fsp3) is 0.875. The van der Waals surface area contributed by atoms with Crippen LogP contribution in [-0.4, -0.2) is 24.5 Å². The Balaban J connectivity index is 3.17. The summed E-state index contributed by atoms with van der Waals surface area (Å²) in [7, 11) is 1.73. The molecule has 2 N–H and O–H groups in total. The number of unbranched alkanes of at least 4 members (excludes halogenated alkanes) is 3. The van der Waals surface area contributed by atoms with Crippen molar-refractivity contribution >= 4 is 6.03 Å². The van der Waals surface area contributed by atoms with Crippen LogP contribution in [0.5, 0.6) is 0 Å². The summed E-state index contributed by atoms with van der Waals surface area (Å²) in [6.07, 6.45) is 4.72. The van der Waals surface area contributed by atoms with Crippen molar-refractivity contribution < 1.29 is 4.79 Å². The molecule has 0 fully saturated rings. The van der Waals surface area contributed by atoms with E-state index in [0.717, 1.165) is 13.0 Å². The summed E-state index contributed by atoms with van der Waals surface area (Å²) in [5, 5.41) is 0. The summed E-state index contributed by atoms with van der Waals surface area (Å²) in [5.41, 5.74) is 5.04. The Kier molecular flexibility index (Phi) is 5.61. The lowest BCUT2D eigenvalue weighted by molar-refractivity contribution is 0.217. The Bertz CT molecular complexity index is 115. The lowest BCUT2D eigenvalue weighted by Gasteiger charge is -2.12. The van der Waals surface area contributed by atoms with E-state index < -0.39 is 0 Å². The van der Waals surface area contributed by atoms with E-state index in [4.69, 9.17) is 5.73 Å². The van der Waals surface area contributed by atoms with E-state index in [0.29, 0.717) is 0 Å². The predicted molar refractivity (Wildman–Crippen MR) is 46.4 cm³/mol. The highest BCUT2D eigenvalue weighted by Gasteiger charge is 2.00. The number of amides is 2. The van der Waals surface area contributed by atoms with Crippen LogP contribution in [0.1, 0.15) is 32.6 Å². The number of rotatable bonds is 5. The van der Waals surface area contributed by atoms with E-state index in [9.17, 15) is 4.79 Å². The molecular weight excluding hydrogens is 140 g/mol. The highest BCUT2D eigenvalue weighted by atomic mass is 16.2. The zero-order chi connectivity index (χ0) is 8.69. The molecule has 2 amide bonds. The van der Waals surface area contributed by atoms with Gasteiger partial charge in [0.2, 0.25) is 0 Å². The second kappa shape index (κ2) is 6.01. The molecule has 0 aliphatic rings. The lowest BCUT2D eigenvalue weighted by atomic mass is 10.2. The smallest absolute Gasteiger partial charge is 0.314 e. The summed E-state index contributed by atoms with van der Waals surface area (Å²) in [5.74, 6) is 0. The maximum atomic E-state index is 10.5. The van der Waals surface area contributed by atoms with Crippen molar-refractivity contribution in [2.45, 2.75) is 32.6 Å². The molecule has 66 valence electrons. The fourth-order valence-electron chi connectivity index (χ4n) is 0.886. The molecule has 3 heteroatoms. The molecule has 0 radical (unpaired) electrons. The van der Waals surface area contributed by atoms with Gasteiger partial charge in [-0.1, -0.05) is 26.2 Å². The molecule has 0 saturated carbocycles. The third kappa shape index (κ3) is 5.70. The maximum Gasteiger partial charge on any atom is 0.314 e. The summed E-state index contributed by atoms with van der Waals surface area (Å²) in [6, 6.07) is -0.332. The first-order valence-electron chi connectivity index (χ1n) is 4.19. The molecule has 0 aliphatic heterocycles. The number of nitrogens with two attached hydrogens (primary N) is 1. The van der Waals surface area contributed by atoms with Crippen molar-refractivity contribution in [3.63, 3.8) is 0 Å². The van der Waals surface area contributed by atoms with Gasteiger partial charge in [-0.25, -0.2) is 4.79 Å². The topological polar surface area (TPSA) is 46.3 Å². The first kappa shape index (κ1) is 10.3. The molecule has 0 rings (SSSR count). The highest BCUT2D eigenvalue weighted by molar-refractivity contribution is 5.71. The summed E-state index contributed by atoms with van der Waals surface area (Å²) in [6.45, 7) is 2.95. The van der Waals surface area contributed by atoms with Gasteiger partial charge in [-0.3, -0.25) is 0 Å². The van der Waals surface area contributed by atoms with Crippen LogP contribution in [0.15, 0.2) is 0 Å². The quantitative estimate of drug-likeness (QED) is 0.607. The van der Waals surface area contributed by atoms with E-state index in [2.05, 4.69) is 6.92 Å². The number of hydrogen-bond donors (Lipinski definition) is 1. The Labute approximate surface area is 68.6 Å². The molecule has 0 atom stereocenters. The number of carbonyl (C=O) groups is 1. The van der Waals surface area contributed by atoms with Gasteiger partial charge in [0.1, 0.15) is 0 Å². The molecule has 0 spiro atoms. The lowest BCUT2D eigenvalue weighted by Crippen LogP contribution is -2.32. The molecular formula is C8H18N2O. The summed E-state index contributed by atoms with van der Waals surface area (Å²) in [4.78, 5) is 12.1. The fourth-order valence-corrected chi connectivity index (χ4v) is 0.886. The molecule has 0 heterocycles. The van der Waals surface area contributed by atoms with Crippen molar-refractivity contribution in [3.8, 4) is 0 Å². The average molecular weight is 158 g/mol. The van der Waals surface area contributed by atoms with E-state index in [1.807, 2.05) is 0 Å². The Hall–Kier alpha value is -0.730. The van der Waals surface area contributed by atoms with Crippen LogP contribution in [0.25, 0.3) is 0 Å². The SMILES string of the molecule is CCCCCCN(C)C(N)=O. The number of urea groups is 1. The average Bonchev–Trinajstić information content (AvgIpc) is 1.97. The Morgan fingerprint density at radius 3 is 2.45 bits per heavy atom. The van der Waals surface area contributed by atoms with E-state index in [-0.39, 0.29) is 6.03 Å². The van der Waals surface area contributed by atoms with Gasteiger partial charge in [-0.05, 0) is 6.42 Å². The number of nitrogens with zero attached hydrogens (tertiary/aromatic N) is 1. The highest BCUT2D eigenvalue weighted by Crippen LogP contribution is 1.99.